The molecule has 4 nitrogen and oxygen atoms in total. The van der Waals surface area contributed by atoms with Crippen molar-refractivity contribution in [2.24, 2.45) is 0 Å². The molecule has 0 bridgehead atoms. The van der Waals surface area contributed by atoms with Crippen LogP contribution in [0.4, 0.5) is 10.5 Å². The largest absolute Gasteiger partial charge is 0.443 e. The van der Waals surface area contributed by atoms with Crippen molar-refractivity contribution in [3.63, 3.8) is 0 Å². The van der Waals surface area contributed by atoms with Gasteiger partial charge in [-0.25, -0.2) is 4.79 Å². The third-order valence-corrected chi connectivity index (χ3v) is 4.30. The molecule has 1 N–H and O–H groups in total. The van der Waals surface area contributed by atoms with Gasteiger partial charge < -0.3 is 10.1 Å². The number of fused-ring (bicyclic) bond motifs is 1. The first-order chi connectivity index (χ1) is 10.4. The number of benzene rings is 1. The van der Waals surface area contributed by atoms with Crippen LogP contribution in [0.25, 0.3) is 0 Å². The highest BCUT2D eigenvalue weighted by molar-refractivity contribution is 5.90. The molecule has 1 fully saturated rings. The highest BCUT2D eigenvalue weighted by atomic mass is 16.6. The zero-order valence-corrected chi connectivity index (χ0v) is 13.8. The molecule has 1 unspecified atom stereocenters. The predicted octanol–water partition coefficient (Wildman–Crippen LogP) is 3.28. The molecule has 120 valence electrons. The molecule has 0 saturated carbocycles. The molecule has 22 heavy (non-hydrogen) atoms. The zero-order valence-electron chi connectivity index (χ0n) is 13.8. The topological polar surface area (TPSA) is 41.6 Å². The van der Waals surface area contributed by atoms with E-state index in [0.717, 1.165) is 31.6 Å². The molecule has 0 aromatic heterocycles. The van der Waals surface area contributed by atoms with Crippen LogP contribution in [-0.4, -0.2) is 30.8 Å². The van der Waals surface area contributed by atoms with Crippen LogP contribution in [0.15, 0.2) is 18.2 Å². The lowest BCUT2D eigenvalue weighted by atomic mass is 10.0. The Morgan fingerprint density at radius 3 is 2.91 bits per heavy atom. The molecule has 1 amide bonds. The molecule has 0 aliphatic carbocycles. The summed E-state index contributed by atoms with van der Waals surface area (Å²) in [5.74, 6) is 0. The van der Waals surface area contributed by atoms with Gasteiger partial charge in [0.05, 0.1) is 5.69 Å². The van der Waals surface area contributed by atoms with Crippen molar-refractivity contribution in [1.29, 1.82) is 0 Å². The van der Waals surface area contributed by atoms with Crippen molar-refractivity contribution in [3.05, 3.63) is 29.3 Å². The highest BCUT2D eigenvalue weighted by Gasteiger charge is 2.29. The molecule has 4 heteroatoms. The number of nitrogens with zero attached hydrogens (tertiary/aromatic N) is 1. The van der Waals surface area contributed by atoms with E-state index in [2.05, 4.69) is 23.5 Å². The fraction of sp³-hybridized carbons (Fsp3) is 0.611. The van der Waals surface area contributed by atoms with Gasteiger partial charge in [0.1, 0.15) is 5.60 Å². The Hall–Kier alpha value is -1.55. The van der Waals surface area contributed by atoms with E-state index in [4.69, 9.17) is 4.74 Å². The molecular formula is C18H26N2O2. The van der Waals surface area contributed by atoms with Crippen molar-refractivity contribution in [2.75, 3.05) is 18.0 Å². The Morgan fingerprint density at radius 2 is 2.23 bits per heavy atom. The maximum atomic E-state index is 12.3. The van der Waals surface area contributed by atoms with Crippen LogP contribution in [0.3, 0.4) is 0 Å². The average Bonchev–Trinajstić information content (AvgIpc) is 3.05. The van der Waals surface area contributed by atoms with Crippen molar-refractivity contribution in [3.8, 4) is 0 Å². The van der Waals surface area contributed by atoms with Gasteiger partial charge in [0.15, 0.2) is 0 Å². The van der Waals surface area contributed by atoms with E-state index in [-0.39, 0.29) is 6.09 Å². The molecule has 1 aromatic rings. The smallest absolute Gasteiger partial charge is 0.414 e. The van der Waals surface area contributed by atoms with Gasteiger partial charge in [0, 0.05) is 12.6 Å². The Bertz CT molecular complexity index is 557. The molecule has 1 saturated heterocycles. The number of hydrogen-bond donors (Lipinski definition) is 1. The predicted molar refractivity (Wildman–Crippen MR) is 88.5 cm³/mol. The number of carbonyl (C=O) groups excluding carboxylic acids is 1. The Balaban J connectivity index is 1.70. The Morgan fingerprint density at radius 1 is 1.41 bits per heavy atom. The molecule has 1 aromatic carbocycles. The molecule has 2 heterocycles. The van der Waals surface area contributed by atoms with Crippen LogP contribution in [-0.2, 0) is 17.6 Å². The summed E-state index contributed by atoms with van der Waals surface area (Å²) in [6.45, 7) is 7.57. The van der Waals surface area contributed by atoms with E-state index in [9.17, 15) is 4.79 Å². The van der Waals surface area contributed by atoms with E-state index in [0.29, 0.717) is 6.04 Å². The van der Waals surface area contributed by atoms with Crippen LogP contribution in [0, 0.1) is 0 Å². The van der Waals surface area contributed by atoms with Crippen LogP contribution in [0.5, 0.6) is 0 Å². The molecular weight excluding hydrogens is 276 g/mol. The van der Waals surface area contributed by atoms with Crippen LogP contribution in [0.1, 0.15) is 44.7 Å². The van der Waals surface area contributed by atoms with Crippen LogP contribution in [0.2, 0.25) is 0 Å². The first-order valence-electron chi connectivity index (χ1n) is 8.28. The maximum absolute atomic E-state index is 12.3. The van der Waals surface area contributed by atoms with Crippen molar-refractivity contribution in [1.82, 2.24) is 5.32 Å². The minimum Gasteiger partial charge on any atom is -0.443 e. The summed E-state index contributed by atoms with van der Waals surface area (Å²) in [5.41, 5.74) is 3.19. The number of anilines is 1. The van der Waals surface area contributed by atoms with Gasteiger partial charge >= 0.3 is 6.09 Å². The zero-order chi connectivity index (χ0) is 15.7. The van der Waals surface area contributed by atoms with E-state index in [1.54, 1.807) is 4.90 Å². The molecule has 0 spiro atoms. The van der Waals surface area contributed by atoms with Gasteiger partial charge in [0.25, 0.3) is 0 Å². The van der Waals surface area contributed by atoms with Gasteiger partial charge in [-0.2, -0.15) is 0 Å². The van der Waals surface area contributed by atoms with E-state index in [1.165, 1.54) is 24.0 Å². The van der Waals surface area contributed by atoms with Crippen molar-refractivity contribution in [2.45, 2.75) is 58.1 Å². The fourth-order valence-electron chi connectivity index (χ4n) is 3.30. The number of nitrogens with one attached hydrogen (secondary N) is 1. The third-order valence-electron chi connectivity index (χ3n) is 4.30. The fourth-order valence-corrected chi connectivity index (χ4v) is 3.30. The van der Waals surface area contributed by atoms with Gasteiger partial charge in [0.2, 0.25) is 0 Å². The second kappa shape index (κ2) is 5.92. The second-order valence-corrected chi connectivity index (χ2v) is 7.34. The van der Waals surface area contributed by atoms with Gasteiger partial charge in [-0.05, 0) is 70.2 Å². The monoisotopic (exact) mass is 302 g/mol. The first kappa shape index (κ1) is 15.3. The molecule has 0 radical (unpaired) electrons. The summed E-state index contributed by atoms with van der Waals surface area (Å²) in [7, 11) is 0. The Labute approximate surface area is 132 Å². The van der Waals surface area contributed by atoms with Crippen LogP contribution >= 0.6 is 0 Å². The highest BCUT2D eigenvalue weighted by Crippen LogP contribution is 2.30. The lowest BCUT2D eigenvalue weighted by molar-refractivity contribution is 0.0584. The van der Waals surface area contributed by atoms with E-state index < -0.39 is 5.60 Å². The molecule has 3 rings (SSSR count). The SMILES string of the molecule is CC(C)(C)OC(=O)N1CCc2cc(CC3CCCN3)ccc21. The minimum atomic E-state index is -0.450. The summed E-state index contributed by atoms with van der Waals surface area (Å²) < 4.78 is 5.49. The lowest BCUT2D eigenvalue weighted by Gasteiger charge is -2.24. The van der Waals surface area contributed by atoms with E-state index >= 15 is 0 Å². The summed E-state index contributed by atoms with van der Waals surface area (Å²) >= 11 is 0. The summed E-state index contributed by atoms with van der Waals surface area (Å²) in [5, 5.41) is 3.54. The normalized spacial score (nSPS) is 21.0. The molecule has 2 aliphatic rings. The van der Waals surface area contributed by atoms with Gasteiger partial charge in [-0.15, -0.1) is 0 Å². The number of amides is 1. The Kier molecular flexibility index (Phi) is 4.13. The lowest BCUT2D eigenvalue weighted by Crippen LogP contribution is -2.35. The van der Waals surface area contributed by atoms with Crippen molar-refractivity contribution < 1.29 is 9.53 Å². The van der Waals surface area contributed by atoms with Crippen molar-refractivity contribution >= 4 is 11.8 Å². The first-order valence-corrected chi connectivity index (χ1v) is 8.28. The third kappa shape index (κ3) is 3.43. The van der Waals surface area contributed by atoms with Crippen LogP contribution < -0.4 is 10.2 Å². The number of carbonyl (C=O) groups is 1. The minimum absolute atomic E-state index is 0.239. The number of ether oxygens (including phenoxy) is 1. The quantitative estimate of drug-likeness (QED) is 0.911. The summed E-state index contributed by atoms with van der Waals surface area (Å²) in [4.78, 5) is 14.0. The molecule has 2 aliphatic heterocycles. The summed E-state index contributed by atoms with van der Waals surface area (Å²) in [6.07, 6.45) is 4.31. The summed E-state index contributed by atoms with van der Waals surface area (Å²) in [6, 6.07) is 7.11. The molecule has 1 atom stereocenters. The van der Waals surface area contributed by atoms with Gasteiger partial charge in [-0.3, -0.25) is 4.90 Å². The standard InChI is InChI=1S/C18H26N2O2/c1-18(2,3)22-17(21)20-10-8-14-11-13(6-7-16(14)20)12-15-5-4-9-19-15/h6-7,11,15,19H,4-5,8-10,12H2,1-3H3. The van der Waals surface area contributed by atoms with Gasteiger partial charge in [-0.1, -0.05) is 12.1 Å². The maximum Gasteiger partial charge on any atom is 0.414 e. The number of hydrogen-bond acceptors (Lipinski definition) is 3. The second-order valence-electron chi connectivity index (χ2n) is 7.34. The average molecular weight is 302 g/mol. The number of rotatable bonds is 2. The van der Waals surface area contributed by atoms with E-state index in [1.807, 2.05) is 20.8 Å².